The second-order valence-electron chi connectivity index (χ2n) is 2.98. The van der Waals surface area contributed by atoms with Crippen LogP contribution < -0.4 is 0 Å². The van der Waals surface area contributed by atoms with Crippen molar-refractivity contribution in [2.45, 2.75) is 27.7 Å². The molecule has 0 spiro atoms. The molecule has 0 radical (unpaired) electrons. The van der Waals surface area contributed by atoms with Gasteiger partial charge in [-0.05, 0) is 39.5 Å². The van der Waals surface area contributed by atoms with Crippen molar-refractivity contribution >= 4 is 44.8 Å². The molecular formula is C10H20N2S3. The van der Waals surface area contributed by atoms with Gasteiger partial charge in [-0.2, -0.15) is 0 Å². The first kappa shape index (κ1) is 15.1. The molecule has 0 aromatic heterocycles. The maximum atomic E-state index is 5.34. The molecule has 0 bridgehead atoms. The Morgan fingerprint density at radius 3 is 1.27 bits per heavy atom. The molecule has 0 heterocycles. The van der Waals surface area contributed by atoms with Gasteiger partial charge >= 0.3 is 0 Å². The van der Waals surface area contributed by atoms with Crippen LogP contribution in [0.3, 0.4) is 0 Å². The standard InChI is InChI=1S/C10H20N2S3/c1-5-11(6-2)9(13)15-10(14)12(7-3)8-4/h5-8H2,1-4H3. The van der Waals surface area contributed by atoms with Crippen LogP contribution in [-0.4, -0.2) is 44.6 Å². The fraction of sp³-hybridized carbons (Fsp3) is 0.800. The van der Waals surface area contributed by atoms with E-state index in [0.717, 1.165) is 34.8 Å². The molecule has 5 heteroatoms. The van der Waals surface area contributed by atoms with E-state index in [2.05, 4.69) is 37.5 Å². The Balaban J connectivity index is 4.21. The van der Waals surface area contributed by atoms with E-state index in [-0.39, 0.29) is 0 Å². The summed E-state index contributed by atoms with van der Waals surface area (Å²) in [6.07, 6.45) is 0. The van der Waals surface area contributed by atoms with Crippen LogP contribution in [0.25, 0.3) is 0 Å². The van der Waals surface area contributed by atoms with Crippen LogP contribution in [0.4, 0.5) is 0 Å². The molecule has 0 fully saturated rings. The summed E-state index contributed by atoms with van der Waals surface area (Å²) in [4.78, 5) is 4.30. The van der Waals surface area contributed by atoms with Crippen molar-refractivity contribution in [3.63, 3.8) is 0 Å². The second-order valence-corrected chi connectivity index (χ2v) is 5.25. The minimum atomic E-state index is 0.886. The van der Waals surface area contributed by atoms with E-state index >= 15 is 0 Å². The molecule has 88 valence electrons. The minimum Gasteiger partial charge on any atom is -0.358 e. The van der Waals surface area contributed by atoms with Gasteiger partial charge in [-0.3, -0.25) is 0 Å². The molecule has 0 aliphatic heterocycles. The normalized spacial score (nSPS) is 9.87. The Morgan fingerprint density at radius 1 is 0.800 bits per heavy atom. The van der Waals surface area contributed by atoms with Crippen LogP contribution in [0.5, 0.6) is 0 Å². The zero-order chi connectivity index (χ0) is 11.8. The number of rotatable bonds is 4. The number of hydrogen-bond acceptors (Lipinski definition) is 3. The van der Waals surface area contributed by atoms with E-state index < -0.39 is 0 Å². The summed E-state index contributed by atoms with van der Waals surface area (Å²) in [5.41, 5.74) is 0. The van der Waals surface area contributed by atoms with Gasteiger partial charge in [-0.15, -0.1) is 0 Å². The number of thiocarbonyl (C=S) groups is 2. The fourth-order valence-electron chi connectivity index (χ4n) is 1.17. The highest BCUT2D eigenvalue weighted by atomic mass is 32.2. The van der Waals surface area contributed by atoms with Crippen LogP contribution in [0.1, 0.15) is 27.7 Å². The Morgan fingerprint density at radius 2 is 1.07 bits per heavy atom. The molecule has 0 unspecified atom stereocenters. The van der Waals surface area contributed by atoms with E-state index in [0.29, 0.717) is 0 Å². The molecule has 2 nitrogen and oxygen atoms in total. The minimum absolute atomic E-state index is 0.886. The summed E-state index contributed by atoms with van der Waals surface area (Å²) in [6.45, 7) is 12.2. The maximum Gasteiger partial charge on any atom is 0.143 e. The maximum absolute atomic E-state index is 5.34. The molecule has 0 aromatic carbocycles. The highest BCUT2D eigenvalue weighted by Crippen LogP contribution is 2.14. The summed E-state index contributed by atoms with van der Waals surface area (Å²) in [5, 5.41) is 0. The number of thioether (sulfide) groups is 1. The summed E-state index contributed by atoms with van der Waals surface area (Å²) in [5.74, 6) is 0. The van der Waals surface area contributed by atoms with Crippen molar-refractivity contribution in [2.75, 3.05) is 26.2 Å². The second kappa shape index (κ2) is 8.30. The average molecular weight is 264 g/mol. The third kappa shape index (κ3) is 5.13. The quantitative estimate of drug-likeness (QED) is 0.718. The highest BCUT2D eigenvalue weighted by molar-refractivity contribution is 8.37. The molecule has 0 N–H and O–H groups in total. The van der Waals surface area contributed by atoms with E-state index in [9.17, 15) is 0 Å². The zero-order valence-corrected chi connectivity index (χ0v) is 12.4. The van der Waals surface area contributed by atoms with E-state index in [1.807, 2.05) is 0 Å². The van der Waals surface area contributed by atoms with Crippen LogP contribution in [0.15, 0.2) is 0 Å². The third-order valence-electron chi connectivity index (χ3n) is 2.22. The predicted molar refractivity (Wildman–Crippen MR) is 78.6 cm³/mol. The first-order valence-corrected chi connectivity index (χ1v) is 6.99. The fourth-order valence-corrected chi connectivity index (χ4v) is 3.24. The highest BCUT2D eigenvalue weighted by Gasteiger charge is 2.12. The number of hydrogen-bond donors (Lipinski definition) is 0. The van der Waals surface area contributed by atoms with E-state index in [4.69, 9.17) is 24.4 Å². The summed E-state index contributed by atoms with van der Waals surface area (Å²) >= 11 is 12.2. The Hall–Kier alpha value is 0.130. The Kier molecular flexibility index (Phi) is 8.37. The van der Waals surface area contributed by atoms with Crippen molar-refractivity contribution < 1.29 is 0 Å². The van der Waals surface area contributed by atoms with Crippen LogP contribution in [0, 0.1) is 0 Å². The zero-order valence-electron chi connectivity index (χ0n) is 9.95. The molecule has 0 atom stereocenters. The first-order chi connectivity index (χ1) is 7.10. The van der Waals surface area contributed by atoms with E-state index in [1.54, 1.807) is 0 Å². The van der Waals surface area contributed by atoms with Crippen molar-refractivity contribution in [3.05, 3.63) is 0 Å². The molecule has 0 amide bonds. The molecular weight excluding hydrogens is 244 g/mol. The molecule has 15 heavy (non-hydrogen) atoms. The van der Waals surface area contributed by atoms with Gasteiger partial charge in [0.25, 0.3) is 0 Å². The molecule has 0 saturated heterocycles. The van der Waals surface area contributed by atoms with Crippen molar-refractivity contribution in [2.24, 2.45) is 0 Å². The van der Waals surface area contributed by atoms with Crippen molar-refractivity contribution in [3.8, 4) is 0 Å². The number of nitrogens with zero attached hydrogens (tertiary/aromatic N) is 2. The smallest absolute Gasteiger partial charge is 0.143 e. The lowest BCUT2D eigenvalue weighted by atomic mass is 10.6. The van der Waals surface area contributed by atoms with Crippen LogP contribution in [-0.2, 0) is 0 Å². The predicted octanol–water partition coefficient (Wildman–Crippen LogP) is 2.97. The van der Waals surface area contributed by atoms with Gasteiger partial charge in [-0.25, -0.2) is 0 Å². The van der Waals surface area contributed by atoms with Gasteiger partial charge < -0.3 is 9.80 Å². The first-order valence-electron chi connectivity index (χ1n) is 5.36. The van der Waals surface area contributed by atoms with Gasteiger partial charge in [0.2, 0.25) is 0 Å². The van der Waals surface area contributed by atoms with Gasteiger partial charge in [0, 0.05) is 26.2 Å². The molecule has 0 rings (SSSR count). The van der Waals surface area contributed by atoms with Crippen LogP contribution >= 0.6 is 36.2 Å². The lowest BCUT2D eigenvalue weighted by Crippen LogP contribution is -2.32. The van der Waals surface area contributed by atoms with Gasteiger partial charge in [-0.1, -0.05) is 24.4 Å². The van der Waals surface area contributed by atoms with Gasteiger partial charge in [0.1, 0.15) is 8.64 Å². The molecule has 0 aromatic rings. The van der Waals surface area contributed by atoms with Crippen molar-refractivity contribution in [1.82, 2.24) is 9.80 Å². The molecule has 0 aliphatic carbocycles. The third-order valence-corrected chi connectivity index (χ3v) is 4.10. The molecule has 0 saturated carbocycles. The van der Waals surface area contributed by atoms with Crippen LogP contribution in [0.2, 0.25) is 0 Å². The Bertz CT molecular complexity index is 189. The monoisotopic (exact) mass is 264 g/mol. The largest absolute Gasteiger partial charge is 0.358 e. The van der Waals surface area contributed by atoms with Crippen molar-refractivity contribution in [1.29, 1.82) is 0 Å². The van der Waals surface area contributed by atoms with Gasteiger partial charge in [0.05, 0.1) is 0 Å². The average Bonchev–Trinajstić information content (AvgIpc) is 2.21. The topological polar surface area (TPSA) is 6.48 Å². The summed E-state index contributed by atoms with van der Waals surface area (Å²) in [6, 6.07) is 0. The molecule has 0 aliphatic rings. The summed E-state index contributed by atoms with van der Waals surface area (Å²) < 4.78 is 1.77. The Labute approximate surface area is 108 Å². The van der Waals surface area contributed by atoms with E-state index in [1.165, 1.54) is 11.8 Å². The SMILES string of the molecule is CCN(CC)C(=S)SC(=S)N(CC)CC. The lowest BCUT2D eigenvalue weighted by Gasteiger charge is -2.25. The summed E-state index contributed by atoms with van der Waals surface area (Å²) in [7, 11) is 0. The lowest BCUT2D eigenvalue weighted by molar-refractivity contribution is 0.478. The van der Waals surface area contributed by atoms with Gasteiger partial charge in [0.15, 0.2) is 0 Å².